The van der Waals surface area contributed by atoms with Gasteiger partial charge in [-0.25, -0.2) is 0 Å². The van der Waals surface area contributed by atoms with Gasteiger partial charge in [-0.1, -0.05) is 6.07 Å². The highest BCUT2D eigenvalue weighted by Crippen LogP contribution is 2.33. The third-order valence-corrected chi connectivity index (χ3v) is 6.31. The molecule has 0 radical (unpaired) electrons. The Hall–Kier alpha value is -2.64. The minimum Gasteiger partial charge on any atom is -0.382 e. The summed E-state index contributed by atoms with van der Waals surface area (Å²) < 4.78 is 5.36. The van der Waals surface area contributed by atoms with Gasteiger partial charge < -0.3 is 15.0 Å². The Morgan fingerprint density at radius 1 is 1.07 bits per heavy atom. The van der Waals surface area contributed by atoms with Crippen LogP contribution in [0.3, 0.4) is 0 Å². The Bertz CT molecular complexity index is 916. The Morgan fingerprint density at radius 3 is 2.50 bits per heavy atom. The zero-order valence-electron chi connectivity index (χ0n) is 17.2. The lowest BCUT2D eigenvalue weighted by Gasteiger charge is -2.18. The fourth-order valence-corrected chi connectivity index (χ4v) is 4.66. The van der Waals surface area contributed by atoms with E-state index in [0.717, 1.165) is 23.7 Å². The lowest BCUT2D eigenvalue weighted by Crippen LogP contribution is -2.33. The summed E-state index contributed by atoms with van der Waals surface area (Å²) in [5.41, 5.74) is 2.80. The van der Waals surface area contributed by atoms with Crippen LogP contribution in [0.2, 0.25) is 0 Å². The van der Waals surface area contributed by atoms with Gasteiger partial charge in [0.15, 0.2) is 0 Å². The van der Waals surface area contributed by atoms with Crippen LogP contribution < -0.4 is 10.2 Å². The van der Waals surface area contributed by atoms with Gasteiger partial charge >= 0.3 is 0 Å². The Labute approximate surface area is 181 Å². The van der Waals surface area contributed by atoms with Crippen molar-refractivity contribution < 1.29 is 14.3 Å². The van der Waals surface area contributed by atoms with Gasteiger partial charge in [0.05, 0.1) is 5.57 Å². The number of carbonyl (C=O) groups is 2. The molecule has 1 aromatic heterocycles. The Kier molecular flexibility index (Phi) is 6.50. The van der Waals surface area contributed by atoms with Crippen molar-refractivity contribution in [1.82, 2.24) is 4.90 Å². The maximum absolute atomic E-state index is 13.1. The molecule has 2 aromatic rings. The predicted octanol–water partition coefficient (Wildman–Crippen LogP) is 3.97. The number of imide groups is 1. The molecule has 0 bridgehead atoms. The second-order valence-corrected chi connectivity index (χ2v) is 8.35. The van der Waals surface area contributed by atoms with Crippen molar-refractivity contribution in [1.29, 1.82) is 0 Å². The molecule has 2 aliphatic rings. The summed E-state index contributed by atoms with van der Waals surface area (Å²) in [6.45, 7) is 5.61. The summed E-state index contributed by atoms with van der Waals surface area (Å²) in [4.78, 5) is 30.7. The van der Waals surface area contributed by atoms with Crippen molar-refractivity contribution in [2.24, 2.45) is 0 Å². The van der Waals surface area contributed by atoms with Crippen LogP contribution in [0.4, 0.5) is 11.4 Å². The van der Waals surface area contributed by atoms with Gasteiger partial charge in [0.25, 0.3) is 11.8 Å². The fourth-order valence-electron chi connectivity index (χ4n) is 3.89. The van der Waals surface area contributed by atoms with E-state index in [2.05, 4.69) is 22.3 Å². The van der Waals surface area contributed by atoms with Crippen molar-refractivity contribution >= 4 is 40.1 Å². The maximum Gasteiger partial charge on any atom is 0.278 e. The number of thiophene rings is 1. The summed E-state index contributed by atoms with van der Waals surface area (Å²) in [6, 6.07) is 11.9. The number of amides is 2. The SMILES string of the molecule is CCOCCCN1C(=O)C(Nc2ccc(N3CCCC3)cc2)=C(c2cccs2)C1=O. The molecule has 2 amide bonds. The van der Waals surface area contributed by atoms with Gasteiger partial charge in [0.2, 0.25) is 0 Å². The van der Waals surface area contributed by atoms with Crippen molar-refractivity contribution in [2.75, 3.05) is 43.1 Å². The zero-order chi connectivity index (χ0) is 20.9. The van der Waals surface area contributed by atoms with E-state index < -0.39 is 0 Å². The molecule has 158 valence electrons. The molecule has 1 N–H and O–H groups in total. The van der Waals surface area contributed by atoms with E-state index in [4.69, 9.17) is 4.74 Å². The molecule has 1 saturated heterocycles. The zero-order valence-corrected chi connectivity index (χ0v) is 18.0. The second-order valence-electron chi connectivity index (χ2n) is 7.41. The highest BCUT2D eigenvalue weighted by molar-refractivity contribution is 7.11. The molecular formula is C23H27N3O3S. The quantitative estimate of drug-likeness (QED) is 0.487. The first-order chi connectivity index (χ1) is 14.7. The number of carbonyl (C=O) groups excluding carboxylic acids is 2. The number of ether oxygens (including phenoxy) is 1. The lowest BCUT2D eigenvalue weighted by molar-refractivity contribution is -0.137. The summed E-state index contributed by atoms with van der Waals surface area (Å²) in [7, 11) is 0. The Balaban J connectivity index is 1.55. The van der Waals surface area contributed by atoms with Crippen LogP contribution in [-0.2, 0) is 14.3 Å². The van der Waals surface area contributed by atoms with Gasteiger partial charge in [-0.15, -0.1) is 11.3 Å². The van der Waals surface area contributed by atoms with Gasteiger partial charge in [0.1, 0.15) is 5.70 Å². The molecule has 0 aliphatic carbocycles. The number of nitrogens with one attached hydrogen (secondary N) is 1. The molecule has 1 aromatic carbocycles. The average Bonchev–Trinajstić information content (AvgIpc) is 3.51. The third kappa shape index (κ3) is 4.27. The molecule has 3 heterocycles. The van der Waals surface area contributed by atoms with Crippen LogP contribution in [0.5, 0.6) is 0 Å². The minimum atomic E-state index is -0.275. The summed E-state index contributed by atoms with van der Waals surface area (Å²) in [5, 5.41) is 5.15. The van der Waals surface area contributed by atoms with Gasteiger partial charge in [-0.3, -0.25) is 14.5 Å². The molecule has 0 atom stereocenters. The molecule has 0 spiro atoms. The Morgan fingerprint density at radius 2 is 1.83 bits per heavy atom. The molecular weight excluding hydrogens is 398 g/mol. The lowest BCUT2D eigenvalue weighted by atomic mass is 10.1. The van der Waals surface area contributed by atoms with Crippen LogP contribution in [-0.4, -0.2) is 49.6 Å². The molecule has 1 fully saturated rings. The van der Waals surface area contributed by atoms with Crippen molar-refractivity contribution in [3.63, 3.8) is 0 Å². The van der Waals surface area contributed by atoms with Gasteiger partial charge in [0, 0.05) is 49.1 Å². The van der Waals surface area contributed by atoms with Crippen molar-refractivity contribution in [2.45, 2.75) is 26.2 Å². The van der Waals surface area contributed by atoms with E-state index in [1.165, 1.54) is 34.8 Å². The number of benzene rings is 1. The number of nitrogens with zero attached hydrogens (tertiary/aromatic N) is 2. The largest absolute Gasteiger partial charge is 0.382 e. The third-order valence-electron chi connectivity index (χ3n) is 5.42. The van der Waals surface area contributed by atoms with E-state index in [9.17, 15) is 9.59 Å². The van der Waals surface area contributed by atoms with Crippen molar-refractivity contribution in [3.8, 4) is 0 Å². The molecule has 0 unspecified atom stereocenters. The van der Waals surface area contributed by atoms with Gasteiger partial charge in [-0.2, -0.15) is 0 Å². The van der Waals surface area contributed by atoms with E-state index in [1.54, 1.807) is 0 Å². The normalized spacial score (nSPS) is 16.8. The van der Waals surface area contributed by atoms with E-state index in [0.29, 0.717) is 37.4 Å². The van der Waals surface area contributed by atoms with Crippen LogP contribution in [0, 0.1) is 0 Å². The number of hydrogen-bond acceptors (Lipinski definition) is 6. The fraction of sp³-hybridized carbons (Fsp3) is 0.391. The minimum absolute atomic E-state index is 0.241. The topological polar surface area (TPSA) is 61.9 Å². The molecule has 0 saturated carbocycles. The highest BCUT2D eigenvalue weighted by atomic mass is 32.1. The first-order valence-corrected chi connectivity index (χ1v) is 11.4. The van der Waals surface area contributed by atoms with Crippen LogP contribution in [0.15, 0.2) is 47.5 Å². The van der Waals surface area contributed by atoms with Crippen LogP contribution in [0.1, 0.15) is 31.1 Å². The van der Waals surface area contributed by atoms with E-state index in [-0.39, 0.29) is 11.8 Å². The number of anilines is 2. The molecule has 4 rings (SSSR count). The molecule has 7 heteroatoms. The predicted molar refractivity (Wildman–Crippen MR) is 121 cm³/mol. The van der Waals surface area contributed by atoms with E-state index >= 15 is 0 Å². The first-order valence-electron chi connectivity index (χ1n) is 10.5. The smallest absolute Gasteiger partial charge is 0.278 e. The highest BCUT2D eigenvalue weighted by Gasteiger charge is 2.39. The van der Waals surface area contributed by atoms with E-state index in [1.807, 2.05) is 36.6 Å². The summed E-state index contributed by atoms with van der Waals surface area (Å²) >= 11 is 1.46. The molecule has 30 heavy (non-hydrogen) atoms. The second kappa shape index (κ2) is 9.45. The summed E-state index contributed by atoms with van der Waals surface area (Å²) in [5.74, 6) is -0.515. The number of rotatable bonds is 9. The monoisotopic (exact) mass is 425 g/mol. The number of hydrogen-bond donors (Lipinski definition) is 1. The van der Waals surface area contributed by atoms with Crippen molar-refractivity contribution in [3.05, 3.63) is 52.4 Å². The van der Waals surface area contributed by atoms with Crippen LogP contribution in [0.25, 0.3) is 5.57 Å². The van der Waals surface area contributed by atoms with Gasteiger partial charge in [-0.05, 0) is 61.9 Å². The summed E-state index contributed by atoms with van der Waals surface area (Å²) in [6.07, 6.45) is 3.08. The standard InChI is InChI=1S/C23H27N3O3S/c1-2-29-15-6-14-26-22(27)20(19-7-5-16-30-19)21(23(26)28)24-17-8-10-18(11-9-17)25-12-3-4-13-25/h5,7-11,16,24H,2-4,6,12-15H2,1H3. The molecule has 6 nitrogen and oxygen atoms in total. The van der Waals surface area contributed by atoms with Crippen LogP contribution >= 0.6 is 11.3 Å². The average molecular weight is 426 g/mol. The maximum atomic E-state index is 13.1. The molecule has 2 aliphatic heterocycles. The first kappa shape index (κ1) is 20.6.